The van der Waals surface area contributed by atoms with Gasteiger partial charge in [0.15, 0.2) is 0 Å². The molecular formula is C11H14BrClN2O. The van der Waals surface area contributed by atoms with Crippen LogP contribution < -0.4 is 10.6 Å². The average molecular weight is 306 g/mol. The van der Waals surface area contributed by atoms with Crippen molar-refractivity contribution in [3.05, 3.63) is 27.7 Å². The van der Waals surface area contributed by atoms with Crippen LogP contribution in [0.25, 0.3) is 0 Å². The van der Waals surface area contributed by atoms with Crippen molar-refractivity contribution in [2.75, 3.05) is 11.9 Å². The number of halogens is 2. The van der Waals surface area contributed by atoms with Crippen LogP contribution in [0.3, 0.4) is 0 Å². The summed E-state index contributed by atoms with van der Waals surface area (Å²) in [4.78, 5) is 11.0. The van der Waals surface area contributed by atoms with Gasteiger partial charge in [-0.1, -0.05) is 6.07 Å². The van der Waals surface area contributed by atoms with E-state index in [1.54, 1.807) is 0 Å². The number of carbonyl (C=O) groups excluding carboxylic acids is 1. The molecular weight excluding hydrogens is 291 g/mol. The van der Waals surface area contributed by atoms with Gasteiger partial charge in [-0.15, -0.1) is 12.4 Å². The van der Waals surface area contributed by atoms with E-state index in [-0.39, 0.29) is 18.3 Å². The molecule has 16 heavy (non-hydrogen) atoms. The maximum absolute atomic E-state index is 11.0. The number of carbonyl (C=O) groups is 1. The van der Waals surface area contributed by atoms with Crippen molar-refractivity contribution in [1.29, 1.82) is 0 Å². The Hall–Kier alpha value is -0.580. The zero-order valence-corrected chi connectivity index (χ0v) is 11.4. The molecule has 0 bridgehead atoms. The number of hydrogen-bond donors (Lipinski definition) is 2. The quantitative estimate of drug-likeness (QED) is 0.837. The first kappa shape index (κ1) is 13.5. The lowest BCUT2D eigenvalue weighted by Gasteiger charge is -2.20. The van der Waals surface area contributed by atoms with Crippen LogP contribution in [0.15, 0.2) is 16.6 Å². The maximum atomic E-state index is 11.0. The molecule has 1 aromatic rings. The van der Waals surface area contributed by atoms with E-state index in [4.69, 9.17) is 0 Å². The highest BCUT2D eigenvalue weighted by molar-refractivity contribution is 9.10. The Kier molecular flexibility index (Phi) is 4.77. The first-order valence-electron chi connectivity index (χ1n) is 4.97. The Balaban J connectivity index is 0.00000128. The number of amides is 1. The lowest BCUT2D eigenvalue weighted by atomic mass is 10.0. The van der Waals surface area contributed by atoms with Gasteiger partial charge in [0.1, 0.15) is 0 Å². The summed E-state index contributed by atoms with van der Waals surface area (Å²) in [5, 5.41) is 6.14. The largest absolute Gasteiger partial charge is 0.325 e. The number of benzene rings is 1. The minimum absolute atomic E-state index is 0. The van der Waals surface area contributed by atoms with Crippen LogP contribution in [0.2, 0.25) is 0 Å². The summed E-state index contributed by atoms with van der Waals surface area (Å²) in [6.45, 7) is 3.43. The number of nitrogens with one attached hydrogen (secondary N) is 2. The van der Waals surface area contributed by atoms with Gasteiger partial charge in [-0.05, 0) is 46.1 Å². The van der Waals surface area contributed by atoms with Crippen LogP contribution in [0.1, 0.15) is 18.1 Å². The molecule has 0 radical (unpaired) electrons. The molecule has 0 aromatic heterocycles. The Morgan fingerprint density at radius 3 is 2.94 bits per heavy atom. The van der Waals surface area contributed by atoms with Crippen molar-refractivity contribution in [1.82, 2.24) is 5.32 Å². The van der Waals surface area contributed by atoms with Gasteiger partial charge in [-0.25, -0.2) is 0 Å². The second kappa shape index (κ2) is 5.66. The molecule has 0 spiro atoms. The second-order valence-electron chi connectivity index (χ2n) is 3.67. The van der Waals surface area contributed by atoms with E-state index in [9.17, 15) is 4.79 Å². The smallest absolute Gasteiger partial charge is 0.221 e. The topological polar surface area (TPSA) is 41.1 Å². The Morgan fingerprint density at radius 1 is 1.50 bits per heavy atom. The molecule has 2 rings (SSSR count). The number of rotatable bonds is 1. The molecule has 1 aromatic carbocycles. The van der Waals surface area contributed by atoms with Gasteiger partial charge < -0.3 is 10.6 Å². The molecule has 0 saturated heterocycles. The molecule has 1 heterocycles. The summed E-state index contributed by atoms with van der Waals surface area (Å²) in [6, 6.07) is 4.01. The van der Waals surface area contributed by atoms with E-state index in [0.29, 0.717) is 0 Å². The molecule has 2 N–H and O–H groups in total. The predicted octanol–water partition coefficient (Wildman–Crippen LogP) is 2.48. The number of anilines is 1. The SMILES string of the molecule is CC(=O)Nc1ccc2c(c1Br)CCNC2.Cl. The van der Waals surface area contributed by atoms with Gasteiger partial charge in [0.2, 0.25) is 5.91 Å². The Bertz CT molecular complexity index is 409. The van der Waals surface area contributed by atoms with Crippen molar-refractivity contribution in [2.45, 2.75) is 19.9 Å². The first-order chi connectivity index (χ1) is 7.18. The molecule has 3 nitrogen and oxygen atoms in total. The summed E-state index contributed by atoms with van der Waals surface area (Å²) in [7, 11) is 0. The van der Waals surface area contributed by atoms with Gasteiger partial charge in [0.05, 0.1) is 5.69 Å². The summed E-state index contributed by atoms with van der Waals surface area (Å²) < 4.78 is 1.02. The highest BCUT2D eigenvalue weighted by Gasteiger charge is 2.14. The second-order valence-corrected chi connectivity index (χ2v) is 4.47. The van der Waals surface area contributed by atoms with E-state index in [1.807, 2.05) is 6.07 Å². The molecule has 1 aliphatic rings. The van der Waals surface area contributed by atoms with Crippen molar-refractivity contribution in [2.24, 2.45) is 0 Å². The number of hydrogen-bond acceptors (Lipinski definition) is 2. The zero-order valence-electron chi connectivity index (χ0n) is 8.97. The normalized spacial score (nSPS) is 13.6. The molecule has 0 unspecified atom stereocenters. The van der Waals surface area contributed by atoms with Gasteiger partial charge >= 0.3 is 0 Å². The minimum atomic E-state index is -0.0374. The predicted molar refractivity (Wildman–Crippen MR) is 71.1 cm³/mol. The fraction of sp³-hybridized carbons (Fsp3) is 0.364. The number of fused-ring (bicyclic) bond motifs is 1. The van der Waals surface area contributed by atoms with E-state index in [2.05, 4.69) is 32.6 Å². The minimum Gasteiger partial charge on any atom is -0.325 e. The molecule has 1 aliphatic heterocycles. The highest BCUT2D eigenvalue weighted by atomic mass is 79.9. The van der Waals surface area contributed by atoms with Gasteiger partial charge in [-0.2, -0.15) is 0 Å². The zero-order chi connectivity index (χ0) is 10.8. The Labute approximate surface area is 110 Å². The van der Waals surface area contributed by atoms with Crippen molar-refractivity contribution in [3.63, 3.8) is 0 Å². The van der Waals surface area contributed by atoms with Crippen LogP contribution >= 0.6 is 28.3 Å². The third kappa shape index (κ3) is 2.75. The maximum Gasteiger partial charge on any atom is 0.221 e. The van der Waals surface area contributed by atoms with Crippen LogP contribution in [0.4, 0.5) is 5.69 Å². The fourth-order valence-corrected chi connectivity index (χ4v) is 2.50. The summed E-state index contributed by atoms with van der Waals surface area (Å²) in [6.07, 6.45) is 1.00. The molecule has 1 amide bonds. The van der Waals surface area contributed by atoms with E-state index >= 15 is 0 Å². The van der Waals surface area contributed by atoms with Gasteiger partial charge in [0, 0.05) is 17.9 Å². The summed E-state index contributed by atoms with van der Waals surface area (Å²) in [5.74, 6) is -0.0374. The average Bonchev–Trinajstić information content (AvgIpc) is 2.22. The summed E-state index contributed by atoms with van der Waals surface area (Å²) in [5.41, 5.74) is 3.48. The van der Waals surface area contributed by atoms with E-state index in [1.165, 1.54) is 18.1 Å². The standard InChI is InChI=1S/C11H13BrN2O.ClH/c1-7(15)14-10-3-2-8-6-13-5-4-9(8)11(10)12;/h2-3,13H,4-6H2,1H3,(H,14,15);1H. The van der Waals surface area contributed by atoms with Crippen LogP contribution in [-0.2, 0) is 17.8 Å². The van der Waals surface area contributed by atoms with Gasteiger partial charge in [0.25, 0.3) is 0 Å². The van der Waals surface area contributed by atoms with Crippen molar-refractivity contribution >= 4 is 39.9 Å². The monoisotopic (exact) mass is 304 g/mol. The van der Waals surface area contributed by atoms with Crippen LogP contribution in [0, 0.1) is 0 Å². The summed E-state index contributed by atoms with van der Waals surface area (Å²) >= 11 is 3.55. The molecule has 0 aliphatic carbocycles. The fourth-order valence-electron chi connectivity index (χ4n) is 1.82. The third-order valence-corrected chi connectivity index (χ3v) is 3.42. The van der Waals surface area contributed by atoms with E-state index in [0.717, 1.165) is 29.7 Å². The third-order valence-electron chi connectivity index (χ3n) is 2.52. The van der Waals surface area contributed by atoms with Crippen LogP contribution in [-0.4, -0.2) is 12.5 Å². The van der Waals surface area contributed by atoms with Crippen molar-refractivity contribution in [3.8, 4) is 0 Å². The molecule has 0 fully saturated rings. The highest BCUT2D eigenvalue weighted by Crippen LogP contribution is 2.31. The lowest BCUT2D eigenvalue weighted by molar-refractivity contribution is -0.114. The molecule has 0 atom stereocenters. The Morgan fingerprint density at radius 2 is 2.25 bits per heavy atom. The molecule has 88 valence electrons. The van der Waals surface area contributed by atoms with E-state index < -0.39 is 0 Å². The first-order valence-corrected chi connectivity index (χ1v) is 5.76. The van der Waals surface area contributed by atoms with Crippen molar-refractivity contribution < 1.29 is 4.79 Å². The van der Waals surface area contributed by atoms with Crippen LogP contribution in [0.5, 0.6) is 0 Å². The lowest BCUT2D eigenvalue weighted by Crippen LogP contribution is -2.24. The molecule has 5 heteroatoms. The molecule has 0 saturated carbocycles. The van der Waals surface area contributed by atoms with Gasteiger partial charge in [-0.3, -0.25) is 4.79 Å².